The largest absolute Gasteiger partial charge is 0.475 e. The van der Waals surface area contributed by atoms with E-state index in [1.54, 1.807) is 13.4 Å². The summed E-state index contributed by atoms with van der Waals surface area (Å²) < 4.78 is 45.0. The van der Waals surface area contributed by atoms with Gasteiger partial charge in [-0.3, -0.25) is 4.99 Å². The Hall–Kier alpha value is -2.56. The molecule has 2 heterocycles. The number of guanidine groups is 1. The predicted molar refractivity (Wildman–Crippen MR) is 98.5 cm³/mol. The molecule has 0 amide bonds. The van der Waals surface area contributed by atoms with E-state index in [0.29, 0.717) is 31.8 Å². The highest BCUT2D eigenvalue weighted by molar-refractivity contribution is 6.31. The maximum atomic E-state index is 12.6. The highest BCUT2D eigenvalue weighted by atomic mass is 35.5. The molecule has 0 atom stereocenters. The van der Waals surface area contributed by atoms with Crippen molar-refractivity contribution < 1.29 is 17.9 Å². The first-order valence-electron chi connectivity index (χ1n) is 8.51. The van der Waals surface area contributed by atoms with Crippen LogP contribution < -0.4 is 15.4 Å². The van der Waals surface area contributed by atoms with E-state index in [9.17, 15) is 13.2 Å². The van der Waals surface area contributed by atoms with Crippen LogP contribution in [0.15, 0.2) is 23.6 Å². The van der Waals surface area contributed by atoms with Gasteiger partial charge in [-0.2, -0.15) is 13.2 Å². The van der Waals surface area contributed by atoms with Crippen molar-refractivity contribution in [3.05, 3.63) is 35.0 Å². The number of hydrogen-bond acceptors (Lipinski definition) is 5. The number of ether oxygens (including phenoxy) is 1. The molecule has 0 spiro atoms. The lowest BCUT2D eigenvalue weighted by Gasteiger charge is -2.13. The van der Waals surface area contributed by atoms with Crippen molar-refractivity contribution in [2.75, 3.05) is 26.7 Å². The topological polar surface area (TPSA) is 89.2 Å². The lowest BCUT2D eigenvalue weighted by molar-refractivity contribution is -0.137. The Balaban J connectivity index is 1.73. The zero-order chi connectivity index (χ0) is 20.6. The van der Waals surface area contributed by atoms with Gasteiger partial charge in [0.2, 0.25) is 5.88 Å². The van der Waals surface area contributed by atoms with Gasteiger partial charge in [0.25, 0.3) is 0 Å². The van der Waals surface area contributed by atoms with Crippen LogP contribution in [0.4, 0.5) is 13.2 Å². The molecule has 154 valence electrons. The Kier molecular flexibility index (Phi) is 7.85. The Morgan fingerprint density at radius 2 is 2.07 bits per heavy atom. The summed E-state index contributed by atoms with van der Waals surface area (Å²) in [7, 11) is 1.63. The van der Waals surface area contributed by atoms with Crippen LogP contribution >= 0.6 is 11.6 Å². The van der Waals surface area contributed by atoms with Gasteiger partial charge < -0.3 is 19.9 Å². The third-order valence-electron chi connectivity index (χ3n) is 3.65. The fraction of sp³-hybridized carbons (Fsp3) is 0.500. The number of aliphatic imine (C=N–C) groups is 1. The molecular formula is C16H21ClF3N7O. The molecule has 2 aromatic heterocycles. The summed E-state index contributed by atoms with van der Waals surface area (Å²) in [5, 5.41) is 13.8. The SMILES string of the molecule is CCc1nncn1CCNC(=NC)NCCOc1ncc(C(F)(F)F)cc1Cl. The van der Waals surface area contributed by atoms with E-state index in [4.69, 9.17) is 16.3 Å². The number of aryl methyl sites for hydroxylation is 1. The van der Waals surface area contributed by atoms with Crippen LogP contribution in [0.2, 0.25) is 5.02 Å². The molecule has 0 fully saturated rings. The van der Waals surface area contributed by atoms with Gasteiger partial charge in [-0.05, 0) is 6.07 Å². The quantitative estimate of drug-likeness (QED) is 0.387. The number of alkyl halides is 3. The van der Waals surface area contributed by atoms with E-state index in [2.05, 4.69) is 30.8 Å². The summed E-state index contributed by atoms with van der Waals surface area (Å²) in [6.45, 7) is 3.79. The minimum atomic E-state index is -4.50. The van der Waals surface area contributed by atoms with Crippen molar-refractivity contribution in [2.24, 2.45) is 4.99 Å². The Labute approximate surface area is 165 Å². The second kappa shape index (κ2) is 10.1. The first-order valence-corrected chi connectivity index (χ1v) is 8.89. The minimum Gasteiger partial charge on any atom is -0.475 e. The van der Waals surface area contributed by atoms with Crippen molar-refractivity contribution >= 4 is 17.6 Å². The van der Waals surface area contributed by atoms with Crippen molar-refractivity contribution in [2.45, 2.75) is 26.1 Å². The monoisotopic (exact) mass is 419 g/mol. The Morgan fingerprint density at radius 1 is 1.32 bits per heavy atom. The molecule has 0 aliphatic heterocycles. The van der Waals surface area contributed by atoms with Crippen molar-refractivity contribution in [3.63, 3.8) is 0 Å². The van der Waals surface area contributed by atoms with Crippen LogP contribution in [0, 0.1) is 0 Å². The first kappa shape index (κ1) is 21.7. The number of halogens is 4. The fourth-order valence-corrected chi connectivity index (χ4v) is 2.48. The zero-order valence-corrected chi connectivity index (χ0v) is 16.2. The maximum absolute atomic E-state index is 12.6. The second-order valence-corrected chi connectivity index (χ2v) is 5.98. The molecule has 2 aromatic rings. The molecule has 0 unspecified atom stereocenters. The minimum absolute atomic E-state index is 0.0564. The molecule has 0 aromatic carbocycles. The van der Waals surface area contributed by atoms with E-state index >= 15 is 0 Å². The molecule has 0 aliphatic rings. The Morgan fingerprint density at radius 3 is 2.71 bits per heavy atom. The molecule has 12 heteroatoms. The average Bonchev–Trinajstić information content (AvgIpc) is 3.11. The third-order valence-corrected chi connectivity index (χ3v) is 3.92. The zero-order valence-electron chi connectivity index (χ0n) is 15.4. The van der Waals surface area contributed by atoms with E-state index in [1.807, 2.05) is 11.5 Å². The van der Waals surface area contributed by atoms with Gasteiger partial charge in [0.05, 0.1) is 12.1 Å². The van der Waals surface area contributed by atoms with Gasteiger partial charge in [-0.25, -0.2) is 4.98 Å². The lowest BCUT2D eigenvalue weighted by Crippen LogP contribution is -2.40. The molecule has 0 saturated carbocycles. The lowest BCUT2D eigenvalue weighted by atomic mass is 10.3. The van der Waals surface area contributed by atoms with Crippen LogP contribution in [-0.4, -0.2) is 52.5 Å². The summed E-state index contributed by atoms with van der Waals surface area (Å²) in [4.78, 5) is 7.70. The van der Waals surface area contributed by atoms with Gasteiger partial charge in [0.15, 0.2) is 5.96 Å². The molecule has 28 heavy (non-hydrogen) atoms. The highest BCUT2D eigenvalue weighted by Gasteiger charge is 2.31. The number of rotatable bonds is 8. The van der Waals surface area contributed by atoms with Crippen molar-refractivity contribution in [1.29, 1.82) is 0 Å². The second-order valence-electron chi connectivity index (χ2n) is 5.58. The fourth-order valence-electron chi connectivity index (χ4n) is 2.26. The van der Waals surface area contributed by atoms with Crippen LogP contribution in [0.1, 0.15) is 18.3 Å². The summed E-state index contributed by atoms with van der Waals surface area (Å²) in [6.07, 6.45) is -1.35. The molecular weight excluding hydrogens is 399 g/mol. The van der Waals surface area contributed by atoms with Gasteiger partial charge >= 0.3 is 6.18 Å². The summed E-state index contributed by atoms with van der Waals surface area (Å²) in [5.74, 6) is 1.40. The number of nitrogens with one attached hydrogen (secondary N) is 2. The summed E-state index contributed by atoms with van der Waals surface area (Å²) in [5.41, 5.74) is -0.924. The molecule has 0 radical (unpaired) electrons. The molecule has 0 saturated heterocycles. The van der Waals surface area contributed by atoms with Gasteiger partial charge in [-0.1, -0.05) is 18.5 Å². The molecule has 2 N–H and O–H groups in total. The van der Waals surface area contributed by atoms with E-state index in [1.165, 1.54) is 0 Å². The Bertz CT molecular complexity index is 795. The molecule has 2 rings (SSSR count). The van der Waals surface area contributed by atoms with Crippen LogP contribution in [0.5, 0.6) is 5.88 Å². The number of nitrogens with zero attached hydrogens (tertiary/aromatic N) is 5. The standard InChI is InChI=1S/C16H21ClF3N7O/c1-3-13-26-25-10-27(13)6-4-22-15(21-2)23-5-7-28-14-12(17)8-11(9-24-14)16(18,19)20/h8-10H,3-7H2,1-2H3,(H2,21,22,23). The van der Waals surface area contributed by atoms with Crippen LogP contribution in [0.25, 0.3) is 0 Å². The smallest absolute Gasteiger partial charge is 0.417 e. The van der Waals surface area contributed by atoms with E-state index < -0.39 is 11.7 Å². The number of aromatic nitrogens is 4. The number of hydrogen-bond donors (Lipinski definition) is 2. The molecule has 0 aliphatic carbocycles. The van der Waals surface area contributed by atoms with Crippen molar-refractivity contribution in [1.82, 2.24) is 30.4 Å². The molecule has 8 nitrogen and oxygen atoms in total. The van der Waals surface area contributed by atoms with Gasteiger partial charge in [-0.15, -0.1) is 10.2 Å². The predicted octanol–water partition coefficient (Wildman–Crippen LogP) is 2.15. The summed E-state index contributed by atoms with van der Waals surface area (Å²) >= 11 is 5.79. The van der Waals surface area contributed by atoms with Crippen molar-refractivity contribution in [3.8, 4) is 5.88 Å². The maximum Gasteiger partial charge on any atom is 0.417 e. The normalized spacial score (nSPS) is 12.1. The molecule has 0 bridgehead atoms. The summed E-state index contributed by atoms with van der Waals surface area (Å²) in [6, 6.07) is 0.785. The van der Waals surface area contributed by atoms with Crippen LogP contribution in [-0.2, 0) is 19.1 Å². The first-order chi connectivity index (χ1) is 13.3. The van der Waals surface area contributed by atoms with Gasteiger partial charge in [0.1, 0.15) is 23.8 Å². The number of pyridine rings is 1. The van der Waals surface area contributed by atoms with E-state index in [0.717, 1.165) is 18.3 Å². The van der Waals surface area contributed by atoms with Gasteiger partial charge in [0, 0.05) is 32.8 Å². The average molecular weight is 420 g/mol. The highest BCUT2D eigenvalue weighted by Crippen LogP contribution is 2.32. The van der Waals surface area contributed by atoms with E-state index in [-0.39, 0.29) is 17.5 Å². The van der Waals surface area contributed by atoms with Crippen LogP contribution in [0.3, 0.4) is 0 Å². The third kappa shape index (κ3) is 6.25.